The molecule has 3 heterocycles. The van der Waals surface area contributed by atoms with Crippen LogP contribution < -0.4 is 0 Å². The Balaban J connectivity index is 1.46. The Morgan fingerprint density at radius 1 is 0.947 bits per heavy atom. The summed E-state index contributed by atoms with van der Waals surface area (Å²) in [5.74, 6) is -1.07. The van der Waals surface area contributed by atoms with Gasteiger partial charge in [-0.15, -0.1) is 0 Å². The number of fused-ring (bicyclic) bond motifs is 2. The number of aromatic hydroxyl groups is 1. The number of nitrogens with one attached hydrogen (secondary N) is 1. The van der Waals surface area contributed by atoms with Gasteiger partial charge in [-0.05, 0) is 80.0 Å². The van der Waals surface area contributed by atoms with Crippen molar-refractivity contribution in [2.75, 3.05) is 13.1 Å². The minimum absolute atomic E-state index is 0.0452. The van der Waals surface area contributed by atoms with Crippen LogP contribution in [0.5, 0.6) is 5.88 Å². The second-order valence-electron chi connectivity index (χ2n) is 10.1. The van der Waals surface area contributed by atoms with E-state index in [-0.39, 0.29) is 11.4 Å². The quantitative estimate of drug-likeness (QED) is 0.238. The standard InChI is InChI=1S/C31H30N4O3/c1-34-16-13-21-17-22(8-12-27(21)34)29(28-25-18-23(31(37)38)7-11-26(25)33-30(28)36)32-24-9-5-20(6-10-24)19-35-14-3-2-4-15-35/h5-13,16-18,33,36H,2-4,14-15,19H2,1H3,(H,37,38). The van der Waals surface area contributed by atoms with E-state index in [2.05, 4.69) is 32.7 Å². The number of aryl methyl sites for hydroxylation is 1. The fourth-order valence-corrected chi connectivity index (χ4v) is 5.42. The third-order valence-electron chi connectivity index (χ3n) is 7.45. The lowest BCUT2D eigenvalue weighted by atomic mass is 9.98. The number of hydrogen-bond acceptors (Lipinski definition) is 4. The van der Waals surface area contributed by atoms with Crippen LogP contribution in [0.2, 0.25) is 0 Å². The average molecular weight is 507 g/mol. The molecule has 0 amide bonds. The summed E-state index contributed by atoms with van der Waals surface area (Å²) in [6, 6.07) is 21.2. The lowest BCUT2D eigenvalue weighted by Crippen LogP contribution is -2.28. The molecule has 0 bridgehead atoms. The number of aliphatic imine (C=N–C) groups is 1. The van der Waals surface area contributed by atoms with Crippen LogP contribution >= 0.6 is 0 Å². The van der Waals surface area contributed by atoms with E-state index in [0.717, 1.165) is 41.8 Å². The maximum absolute atomic E-state index is 11.7. The molecule has 38 heavy (non-hydrogen) atoms. The van der Waals surface area contributed by atoms with Gasteiger partial charge < -0.3 is 19.8 Å². The number of hydrogen-bond donors (Lipinski definition) is 3. The highest BCUT2D eigenvalue weighted by Gasteiger charge is 2.21. The molecular formula is C31H30N4O3. The first-order valence-electron chi connectivity index (χ1n) is 13.0. The van der Waals surface area contributed by atoms with Gasteiger partial charge >= 0.3 is 5.97 Å². The first-order valence-corrected chi connectivity index (χ1v) is 13.0. The largest absolute Gasteiger partial charge is 0.494 e. The number of rotatable bonds is 6. The van der Waals surface area contributed by atoms with Crippen molar-refractivity contribution in [1.82, 2.24) is 14.5 Å². The molecule has 1 aliphatic rings. The number of piperidine rings is 1. The molecule has 0 atom stereocenters. The smallest absolute Gasteiger partial charge is 0.335 e. The predicted octanol–water partition coefficient (Wildman–Crippen LogP) is 6.22. The fourth-order valence-electron chi connectivity index (χ4n) is 5.42. The van der Waals surface area contributed by atoms with E-state index in [4.69, 9.17) is 4.99 Å². The zero-order chi connectivity index (χ0) is 26.2. The van der Waals surface area contributed by atoms with Crippen LogP contribution in [0.1, 0.15) is 46.3 Å². The van der Waals surface area contributed by atoms with Gasteiger partial charge in [-0.3, -0.25) is 4.90 Å². The Morgan fingerprint density at radius 2 is 1.71 bits per heavy atom. The van der Waals surface area contributed by atoms with Crippen LogP contribution in [-0.2, 0) is 13.6 Å². The molecular weight excluding hydrogens is 476 g/mol. The molecule has 5 aromatic rings. The summed E-state index contributed by atoms with van der Waals surface area (Å²) in [5.41, 5.74) is 5.79. The zero-order valence-electron chi connectivity index (χ0n) is 21.3. The highest BCUT2D eigenvalue weighted by Crippen LogP contribution is 2.33. The Labute approximate surface area is 220 Å². The summed E-state index contributed by atoms with van der Waals surface area (Å²) in [6.07, 6.45) is 5.84. The normalized spacial score (nSPS) is 14.9. The highest BCUT2D eigenvalue weighted by atomic mass is 16.4. The maximum atomic E-state index is 11.7. The Hall–Kier alpha value is -4.36. The molecule has 0 unspecified atom stereocenters. The van der Waals surface area contributed by atoms with Crippen LogP contribution in [0, 0.1) is 0 Å². The highest BCUT2D eigenvalue weighted by molar-refractivity contribution is 6.23. The number of carboxylic acid groups (broad SMARTS) is 1. The third-order valence-corrected chi connectivity index (χ3v) is 7.45. The number of carbonyl (C=O) groups is 1. The zero-order valence-corrected chi connectivity index (χ0v) is 21.3. The molecule has 192 valence electrons. The van der Waals surface area contributed by atoms with E-state index >= 15 is 0 Å². The van der Waals surface area contributed by atoms with E-state index in [1.165, 1.54) is 30.9 Å². The fraction of sp³-hybridized carbons (Fsp3) is 0.226. The first kappa shape index (κ1) is 24.0. The lowest BCUT2D eigenvalue weighted by molar-refractivity contribution is 0.0697. The van der Waals surface area contributed by atoms with Gasteiger partial charge in [0.05, 0.1) is 22.5 Å². The second-order valence-corrected chi connectivity index (χ2v) is 10.1. The average Bonchev–Trinajstić information content (AvgIpc) is 3.46. The Bertz CT molecular complexity index is 1670. The van der Waals surface area contributed by atoms with Crippen molar-refractivity contribution in [1.29, 1.82) is 0 Å². The SMILES string of the molecule is Cn1ccc2cc(C(=Nc3ccc(CN4CCCCC4)cc3)c3c(O)[nH]c4ccc(C(=O)O)cc34)ccc21. The second kappa shape index (κ2) is 9.84. The number of aromatic nitrogens is 2. The molecule has 0 aliphatic carbocycles. The van der Waals surface area contributed by atoms with E-state index < -0.39 is 5.97 Å². The monoisotopic (exact) mass is 506 g/mol. The van der Waals surface area contributed by atoms with Crippen LogP contribution in [0.15, 0.2) is 77.9 Å². The van der Waals surface area contributed by atoms with Gasteiger partial charge in [0.1, 0.15) is 0 Å². The summed E-state index contributed by atoms with van der Waals surface area (Å²) >= 11 is 0. The molecule has 1 aliphatic heterocycles. The molecule has 2 aromatic heterocycles. The van der Waals surface area contributed by atoms with Crippen molar-refractivity contribution >= 4 is 39.2 Å². The third kappa shape index (κ3) is 4.57. The number of carboxylic acids is 1. The first-order chi connectivity index (χ1) is 18.5. The lowest BCUT2D eigenvalue weighted by Gasteiger charge is -2.26. The summed E-state index contributed by atoms with van der Waals surface area (Å²) in [5, 5.41) is 22.3. The molecule has 1 fully saturated rings. The van der Waals surface area contributed by atoms with Gasteiger partial charge in [-0.2, -0.15) is 0 Å². The molecule has 3 aromatic carbocycles. The van der Waals surface area contributed by atoms with E-state index in [0.29, 0.717) is 22.2 Å². The predicted molar refractivity (Wildman–Crippen MR) is 151 cm³/mol. The van der Waals surface area contributed by atoms with Crippen LogP contribution in [0.4, 0.5) is 5.69 Å². The summed E-state index contributed by atoms with van der Waals surface area (Å²) in [6.45, 7) is 3.22. The number of H-pyrrole nitrogens is 1. The van der Waals surface area contributed by atoms with Gasteiger partial charge in [0, 0.05) is 47.2 Å². The summed E-state index contributed by atoms with van der Waals surface area (Å²) in [7, 11) is 2.00. The van der Waals surface area contributed by atoms with Crippen molar-refractivity contribution < 1.29 is 15.0 Å². The van der Waals surface area contributed by atoms with Crippen molar-refractivity contribution in [2.45, 2.75) is 25.8 Å². The number of likely N-dealkylation sites (tertiary alicyclic amines) is 1. The van der Waals surface area contributed by atoms with Gasteiger partial charge in [-0.25, -0.2) is 9.79 Å². The van der Waals surface area contributed by atoms with Gasteiger partial charge in [0.15, 0.2) is 5.88 Å². The molecule has 1 saturated heterocycles. The van der Waals surface area contributed by atoms with Crippen LogP contribution in [0.3, 0.4) is 0 Å². The molecule has 7 heteroatoms. The van der Waals surface area contributed by atoms with Gasteiger partial charge in [0.25, 0.3) is 0 Å². The van der Waals surface area contributed by atoms with Crippen molar-refractivity contribution in [3.8, 4) is 5.88 Å². The van der Waals surface area contributed by atoms with E-state index in [1.54, 1.807) is 12.1 Å². The Morgan fingerprint density at radius 3 is 2.47 bits per heavy atom. The number of aromatic carboxylic acids is 1. The van der Waals surface area contributed by atoms with Gasteiger partial charge in [-0.1, -0.05) is 24.6 Å². The molecule has 3 N–H and O–H groups in total. The topological polar surface area (TPSA) is 93.9 Å². The van der Waals surface area contributed by atoms with Crippen LogP contribution in [0.25, 0.3) is 21.8 Å². The number of benzene rings is 3. The molecule has 0 saturated carbocycles. The Kier molecular flexibility index (Phi) is 6.21. The molecule has 6 rings (SSSR count). The van der Waals surface area contributed by atoms with Gasteiger partial charge in [0.2, 0.25) is 0 Å². The van der Waals surface area contributed by atoms with E-state index in [1.807, 2.05) is 43.6 Å². The summed E-state index contributed by atoms with van der Waals surface area (Å²) in [4.78, 5) is 22.2. The number of nitrogens with zero attached hydrogens (tertiary/aromatic N) is 3. The van der Waals surface area contributed by atoms with Crippen molar-refractivity contribution in [3.05, 3.63) is 95.2 Å². The van der Waals surface area contributed by atoms with E-state index in [9.17, 15) is 15.0 Å². The summed E-state index contributed by atoms with van der Waals surface area (Å²) < 4.78 is 2.05. The molecule has 0 spiro atoms. The van der Waals surface area contributed by atoms with Crippen molar-refractivity contribution in [2.24, 2.45) is 12.0 Å². The van der Waals surface area contributed by atoms with Crippen LogP contribution in [-0.4, -0.2) is 49.4 Å². The minimum Gasteiger partial charge on any atom is -0.494 e. The minimum atomic E-state index is -1.02. The van der Waals surface area contributed by atoms with Crippen molar-refractivity contribution in [3.63, 3.8) is 0 Å². The molecule has 0 radical (unpaired) electrons. The molecule has 7 nitrogen and oxygen atoms in total. The number of aromatic amines is 1. The maximum Gasteiger partial charge on any atom is 0.335 e.